The van der Waals surface area contributed by atoms with E-state index >= 15 is 0 Å². The number of ether oxygens (including phenoxy) is 1. The molecule has 0 bridgehead atoms. The summed E-state index contributed by atoms with van der Waals surface area (Å²) in [6.07, 6.45) is 11.2. The van der Waals surface area contributed by atoms with Gasteiger partial charge in [-0.1, -0.05) is 19.3 Å². The van der Waals surface area contributed by atoms with E-state index in [2.05, 4.69) is 15.2 Å². The number of rotatable bonds is 9. The molecular weight excluding hydrogens is 392 g/mol. The zero-order chi connectivity index (χ0) is 22.2. The van der Waals surface area contributed by atoms with Gasteiger partial charge in [0.25, 0.3) is 0 Å². The number of pyridine rings is 1. The molecule has 1 aromatic rings. The van der Waals surface area contributed by atoms with E-state index in [-0.39, 0.29) is 5.78 Å². The minimum atomic E-state index is -0.396. The van der Waals surface area contributed by atoms with E-state index in [1.54, 1.807) is 12.3 Å². The molecule has 0 unspecified atom stereocenters. The number of Topliss-reactive ketones (excluding diaryl/α,β-unsaturated/α-hetero) is 1. The summed E-state index contributed by atoms with van der Waals surface area (Å²) in [6.45, 7) is 2.45. The van der Waals surface area contributed by atoms with Crippen molar-refractivity contribution in [3.05, 3.63) is 23.4 Å². The Hall–Kier alpha value is -1.99. The molecule has 1 aromatic heterocycles. The zero-order valence-electron chi connectivity index (χ0n) is 19.4. The van der Waals surface area contributed by atoms with Crippen molar-refractivity contribution in [3.63, 3.8) is 0 Å². The zero-order valence-corrected chi connectivity index (χ0v) is 19.4. The topological polar surface area (TPSA) is 74.8 Å². The van der Waals surface area contributed by atoms with E-state index in [1.807, 2.05) is 19.0 Å². The molecule has 0 aromatic carbocycles. The summed E-state index contributed by atoms with van der Waals surface area (Å²) in [5.41, 5.74) is 1.22. The van der Waals surface area contributed by atoms with Gasteiger partial charge in [0, 0.05) is 50.8 Å². The molecule has 172 valence electrons. The summed E-state index contributed by atoms with van der Waals surface area (Å²) in [5.74, 6) is 0.425. The van der Waals surface area contributed by atoms with Gasteiger partial charge >= 0.3 is 5.97 Å². The van der Waals surface area contributed by atoms with Gasteiger partial charge in [0.1, 0.15) is 17.2 Å². The molecule has 1 aliphatic heterocycles. The van der Waals surface area contributed by atoms with Gasteiger partial charge in [-0.25, -0.2) is 9.78 Å². The lowest BCUT2D eigenvalue weighted by Crippen LogP contribution is -2.47. The second kappa shape index (κ2) is 11.6. The molecule has 0 amide bonds. The summed E-state index contributed by atoms with van der Waals surface area (Å²) in [5, 5.41) is 3.85. The number of piperidine rings is 1. The standard InChI is InChI=1S/C24H38N4O3/c1-27(2)12-11-21(29)15-18-16-22(24(30)31-3)23(25-17-18)28-13-9-20(10-14-28)26-19-7-5-4-6-8-19/h16-17,19-20,26H,4-15H2,1-3H3. The summed E-state index contributed by atoms with van der Waals surface area (Å²) in [4.78, 5) is 33.5. The third kappa shape index (κ3) is 7.01. The number of esters is 1. The van der Waals surface area contributed by atoms with Crippen molar-refractivity contribution in [3.8, 4) is 0 Å². The Balaban J connectivity index is 1.62. The Bertz CT molecular complexity index is 738. The number of carbonyl (C=O) groups is 2. The van der Waals surface area contributed by atoms with Crippen molar-refractivity contribution in [2.75, 3.05) is 45.7 Å². The SMILES string of the molecule is COC(=O)c1cc(CC(=O)CCN(C)C)cnc1N1CCC(NC2CCCCC2)CC1. The number of hydrogen-bond donors (Lipinski definition) is 1. The maximum absolute atomic E-state index is 12.5. The molecule has 7 nitrogen and oxygen atoms in total. The van der Waals surface area contributed by atoms with Crippen LogP contribution in [0.4, 0.5) is 5.82 Å². The maximum atomic E-state index is 12.5. The summed E-state index contributed by atoms with van der Waals surface area (Å²) in [6, 6.07) is 2.99. The summed E-state index contributed by atoms with van der Waals surface area (Å²) in [7, 11) is 5.29. The van der Waals surface area contributed by atoms with E-state index in [0.717, 1.165) is 38.0 Å². The van der Waals surface area contributed by atoms with Crippen LogP contribution in [0.25, 0.3) is 0 Å². The van der Waals surface area contributed by atoms with Gasteiger partial charge in [-0.2, -0.15) is 0 Å². The predicted octanol–water partition coefficient (Wildman–Crippen LogP) is 2.82. The minimum Gasteiger partial charge on any atom is -0.465 e. The van der Waals surface area contributed by atoms with Gasteiger partial charge in [0.2, 0.25) is 0 Å². The first-order valence-electron chi connectivity index (χ1n) is 11.7. The third-order valence-electron chi connectivity index (χ3n) is 6.44. The largest absolute Gasteiger partial charge is 0.465 e. The van der Waals surface area contributed by atoms with Gasteiger partial charge in [0.15, 0.2) is 0 Å². The Kier molecular flexibility index (Phi) is 8.84. The molecule has 31 heavy (non-hydrogen) atoms. The molecule has 0 spiro atoms. The Labute approximate surface area is 186 Å². The number of methoxy groups -OCH3 is 1. The lowest BCUT2D eigenvalue weighted by Gasteiger charge is -2.36. The predicted molar refractivity (Wildman–Crippen MR) is 123 cm³/mol. The van der Waals surface area contributed by atoms with Crippen LogP contribution < -0.4 is 10.2 Å². The second-order valence-corrected chi connectivity index (χ2v) is 9.24. The fraction of sp³-hybridized carbons (Fsp3) is 0.708. The van der Waals surface area contributed by atoms with Gasteiger partial charge in [0.05, 0.1) is 7.11 Å². The molecule has 1 N–H and O–H groups in total. The number of anilines is 1. The fourth-order valence-corrected chi connectivity index (χ4v) is 4.63. The summed E-state index contributed by atoms with van der Waals surface area (Å²) < 4.78 is 5.02. The number of hydrogen-bond acceptors (Lipinski definition) is 7. The van der Waals surface area contributed by atoms with Crippen molar-refractivity contribution in [2.24, 2.45) is 0 Å². The first kappa shape index (κ1) is 23.7. The quantitative estimate of drug-likeness (QED) is 0.604. The number of nitrogens with one attached hydrogen (secondary N) is 1. The highest BCUT2D eigenvalue weighted by Gasteiger charge is 2.26. The van der Waals surface area contributed by atoms with Gasteiger partial charge in [-0.15, -0.1) is 0 Å². The maximum Gasteiger partial charge on any atom is 0.341 e. The van der Waals surface area contributed by atoms with E-state index < -0.39 is 5.97 Å². The first-order chi connectivity index (χ1) is 15.0. The molecule has 7 heteroatoms. The van der Waals surface area contributed by atoms with E-state index in [0.29, 0.717) is 36.3 Å². The number of nitrogens with zero attached hydrogens (tertiary/aromatic N) is 3. The van der Waals surface area contributed by atoms with Crippen LogP contribution in [0.15, 0.2) is 12.3 Å². The highest BCUT2D eigenvalue weighted by atomic mass is 16.5. The average molecular weight is 431 g/mol. The molecule has 3 rings (SSSR count). The summed E-state index contributed by atoms with van der Waals surface area (Å²) >= 11 is 0. The van der Waals surface area contributed by atoms with Crippen molar-refractivity contribution in [2.45, 2.75) is 69.9 Å². The number of aromatic nitrogens is 1. The normalized spacial score (nSPS) is 18.4. The Morgan fingerprint density at radius 1 is 1.13 bits per heavy atom. The molecule has 1 saturated heterocycles. The molecule has 0 atom stereocenters. The minimum absolute atomic E-state index is 0.147. The molecule has 0 radical (unpaired) electrons. The van der Waals surface area contributed by atoms with Crippen molar-refractivity contribution in [1.29, 1.82) is 0 Å². The van der Waals surface area contributed by atoms with Crippen LogP contribution in [0, 0.1) is 0 Å². The Morgan fingerprint density at radius 2 is 1.81 bits per heavy atom. The molecule has 1 saturated carbocycles. The highest BCUT2D eigenvalue weighted by molar-refractivity contribution is 5.95. The van der Waals surface area contributed by atoms with Crippen LogP contribution in [0.3, 0.4) is 0 Å². The van der Waals surface area contributed by atoms with Crippen LogP contribution in [0.2, 0.25) is 0 Å². The van der Waals surface area contributed by atoms with Gasteiger partial charge in [-0.3, -0.25) is 4.79 Å². The third-order valence-corrected chi connectivity index (χ3v) is 6.44. The van der Waals surface area contributed by atoms with Crippen molar-refractivity contribution in [1.82, 2.24) is 15.2 Å². The van der Waals surface area contributed by atoms with E-state index in [1.165, 1.54) is 39.2 Å². The van der Waals surface area contributed by atoms with Gasteiger partial charge < -0.3 is 19.9 Å². The van der Waals surface area contributed by atoms with Crippen molar-refractivity contribution < 1.29 is 14.3 Å². The van der Waals surface area contributed by atoms with Crippen LogP contribution in [-0.4, -0.2) is 74.6 Å². The van der Waals surface area contributed by atoms with Crippen LogP contribution in [-0.2, 0) is 16.0 Å². The van der Waals surface area contributed by atoms with Crippen molar-refractivity contribution >= 4 is 17.6 Å². The number of carbonyl (C=O) groups excluding carboxylic acids is 2. The molecule has 2 fully saturated rings. The van der Waals surface area contributed by atoms with Crippen LogP contribution >= 0.6 is 0 Å². The molecule has 2 aliphatic rings. The number of ketones is 1. The monoisotopic (exact) mass is 430 g/mol. The lowest BCUT2D eigenvalue weighted by atomic mass is 9.93. The fourth-order valence-electron chi connectivity index (χ4n) is 4.63. The first-order valence-corrected chi connectivity index (χ1v) is 11.7. The molecule has 2 heterocycles. The molecule has 1 aliphatic carbocycles. The van der Waals surface area contributed by atoms with Crippen LogP contribution in [0.5, 0.6) is 0 Å². The Morgan fingerprint density at radius 3 is 2.45 bits per heavy atom. The second-order valence-electron chi connectivity index (χ2n) is 9.24. The van der Waals surface area contributed by atoms with E-state index in [9.17, 15) is 9.59 Å². The van der Waals surface area contributed by atoms with Crippen LogP contribution in [0.1, 0.15) is 67.3 Å². The average Bonchev–Trinajstić information content (AvgIpc) is 2.78. The van der Waals surface area contributed by atoms with Gasteiger partial charge in [-0.05, 0) is 51.4 Å². The lowest BCUT2D eigenvalue weighted by molar-refractivity contribution is -0.118. The van der Waals surface area contributed by atoms with E-state index in [4.69, 9.17) is 4.74 Å². The molecular formula is C24H38N4O3. The highest BCUT2D eigenvalue weighted by Crippen LogP contribution is 2.25. The smallest absolute Gasteiger partial charge is 0.341 e.